The zero-order chi connectivity index (χ0) is 13.4. The number of nitrogens with one attached hydrogen (secondary N) is 2. The number of H-pyrrole nitrogens is 1. The largest absolute Gasteiger partial charge is 0.395 e. The lowest BCUT2D eigenvalue weighted by Crippen LogP contribution is -2.25. The molecule has 0 aliphatic rings. The van der Waals surface area contributed by atoms with Crippen LogP contribution in [0.5, 0.6) is 0 Å². The highest BCUT2D eigenvalue weighted by Gasteiger charge is 2.15. The molecule has 0 aliphatic carbocycles. The van der Waals surface area contributed by atoms with Crippen molar-refractivity contribution in [1.82, 2.24) is 15.5 Å². The maximum absolute atomic E-state index is 11.8. The van der Waals surface area contributed by atoms with E-state index in [1.54, 1.807) is 7.11 Å². The summed E-state index contributed by atoms with van der Waals surface area (Å²) in [4.78, 5) is 11.8. The average molecular weight is 254 g/mol. The Morgan fingerprint density at radius 3 is 2.83 bits per heavy atom. The first-order valence-corrected chi connectivity index (χ1v) is 6.30. The van der Waals surface area contributed by atoms with Crippen LogP contribution in [0, 0.1) is 0 Å². The van der Waals surface area contributed by atoms with E-state index in [2.05, 4.69) is 15.5 Å². The number of methoxy groups -OCH3 is 1. The van der Waals surface area contributed by atoms with Crippen molar-refractivity contribution in [3.63, 3.8) is 0 Å². The maximum Gasteiger partial charge on any atom is 0.273 e. The van der Waals surface area contributed by atoms with Crippen LogP contribution in [0.1, 0.15) is 42.4 Å². The Kier molecular flexibility index (Phi) is 6.21. The Bertz CT molecular complexity index is 376. The lowest BCUT2D eigenvalue weighted by molar-refractivity contribution is 0.0948. The molecule has 0 spiro atoms. The Morgan fingerprint density at radius 1 is 1.44 bits per heavy atom. The maximum atomic E-state index is 11.8. The number of aromatic nitrogens is 2. The number of hydrogen-bond donors (Lipinski definition) is 3. The van der Waals surface area contributed by atoms with E-state index in [1.807, 2.05) is 6.92 Å². The topological polar surface area (TPSA) is 93.0 Å². The van der Waals surface area contributed by atoms with E-state index in [0.717, 1.165) is 38.0 Å². The Balaban J connectivity index is 2.30. The van der Waals surface area contributed by atoms with Crippen molar-refractivity contribution in [2.75, 3.05) is 26.0 Å². The molecular weight excluding hydrogens is 232 g/mol. The summed E-state index contributed by atoms with van der Waals surface area (Å²) in [6, 6.07) is 0. The molecule has 0 aromatic carbocycles. The minimum atomic E-state index is -0.213. The predicted molar refractivity (Wildman–Crippen MR) is 70.4 cm³/mol. The molecule has 1 aromatic heterocycles. The number of aryl methyl sites for hydroxylation is 1. The number of ether oxygens (including phenoxy) is 1. The molecule has 1 heterocycles. The van der Waals surface area contributed by atoms with E-state index < -0.39 is 0 Å². The Labute approximate surface area is 107 Å². The molecule has 0 fully saturated rings. The van der Waals surface area contributed by atoms with E-state index in [-0.39, 0.29) is 5.91 Å². The molecule has 0 bridgehead atoms. The fourth-order valence-corrected chi connectivity index (χ4v) is 1.66. The van der Waals surface area contributed by atoms with Crippen LogP contribution < -0.4 is 11.1 Å². The number of unbranched alkanes of at least 4 members (excludes halogenated alkanes) is 2. The molecule has 1 aromatic rings. The molecule has 0 saturated heterocycles. The first-order chi connectivity index (χ1) is 8.70. The number of aromatic amines is 1. The summed E-state index contributed by atoms with van der Waals surface area (Å²) in [5.74, 6) is -0.213. The second kappa shape index (κ2) is 7.71. The van der Waals surface area contributed by atoms with Gasteiger partial charge in [-0.15, -0.1) is 0 Å². The number of amides is 1. The molecule has 6 nitrogen and oxygen atoms in total. The minimum absolute atomic E-state index is 0.213. The van der Waals surface area contributed by atoms with E-state index in [9.17, 15) is 4.79 Å². The Morgan fingerprint density at radius 2 is 2.22 bits per heavy atom. The van der Waals surface area contributed by atoms with Crippen LogP contribution in [0.3, 0.4) is 0 Å². The second-order valence-corrected chi connectivity index (χ2v) is 4.13. The van der Waals surface area contributed by atoms with Gasteiger partial charge in [-0.3, -0.25) is 9.89 Å². The molecule has 18 heavy (non-hydrogen) atoms. The number of hydrogen-bond acceptors (Lipinski definition) is 4. The molecule has 0 unspecified atom stereocenters. The second-order valence-electron chi connectivity index (χ2n) is 4.13. The number of carbonyl (C=O) groups excluding carboxylic acids is 1. The summed E-state index contributed by atoms with van der Waals surface area (Å²) >= 11 is 0. The van der Waals surface area contributed by atoms with Crippen LogP contribution in [0.25, 0.3) is 0 Å². The normalized spacial score (nSPS) is 10.6. The highest BCUT2D eigenvalue weighted by atomic mass is 16.5. The third-order valence-electron chi connectivity index (χ3n) is 2.76. The first-order valence-electron chi connectivity index (χ1n) is 6.30. The van der Waals surface area contributed by atoms with E-state index in [4.69, 9.17) is 10.5 Å². The van der Waals surface area contributed by atoms with E-state index in [0.29, 0.717) is 17.9 Å². The number of nitrogens with zero attached hydrogens (tertiary/aromatic N) is 1. The summed E-state index contributed by atoms with van der Waals surface area (Å²) in [5.41, 5.74) is 7.37. The molecule has 4 N–H and O–H groups in total. The number of rotatable bonds is 8. The van der Waals surface area contributed by atoms with Crippen molar-refractivity contribution >= 4 is 11.6 Å². The van der Waals surface area contributed by atoms with Gasteiger partial charge in [0, 0.05) is 20.3 Å². The molecule has 1 amide bonds. The van der Waals surface area contributed by atoms with Crippen LogP contribution in [-0.2, 0) is 11.2 Å². The molecule has 102 valence electrons. The zero-order valence-corrected chi connectivity index (χ0v) is 11.1. The lowest BCUT2D eigenvalue weighted by atomic mass is 10.2. The van der Waals surface area contributed by atoms with Gasteiger partial charge in [0.25, 0.3) is 5.91 Å². The van der Waals surface area contributed by atoms with Crippen molar-refractivity contribution in [2.45, 2.75) is 32.6 Å². The predicted octanol–water partition coefficient (Wildman–Crippen LogP) is 1.10. The molecule has 0 radical (unpaired) electrons. The van der Waals surface area contributed by atoms with Gasteiger partial charge in [0.2, 0.25) is 0 Å². The van der Waals surface area contributed by atoms with Crippen LogP contribution in [0.2, 0.25) is 0 Å². The summed E-state index contributed by atoms with van der Waals surface area (Å²) in [7, 11) is 1.69. The van der Waals surface area contributed by atoms with Gasteiger partial charge >= 0.3 is 0 Å². The average Bonchev–Trinajstić information content (AvgIpc) is 2.74. The molecule has 6 heteroatoms. The fourth-order valence-electron chi connectivity index (χ4n) is 1.66. The van der Waals surface area contributed by atoms with Gasteiger partial charge in [-0.1, -0.05) is 6.92 Å². The molecule has 0 aliphatic heterocycles. The van der Waals surface area contributed by atoms with Crippen molar-refractivity contribution in [3.05, 3.63) is 11.4 Å². The summed E-state index contributed by atoms with van der Waals surface area (Å²) in [6.45, 7) is 3.36. The van der Waals surface area contributed by atoms with E-state index in [1.165, 1.54) is 0 Å². The van der Waals surface area contributed by atoms with Crippen molar-refractivity contribution in [3.8, 4) is 0 Å². The monoisotopic (exact) mass is 254 g/mol. The lowest BCUT2D eigenvalue weighted by Gasteiger charge is -2.04. The summed E-state index contributed by atoms with van der Waals surface area (Å²) in [5, 5.41) is 9.52. The van der Waals surface area contributed by atoms with Crippen LogP contribution >= 0.6 is 0 Å². The van der Waals surface area contributed by atoms with Crippen molar-refractivity contribution in [2.24, 2.45) is 0 Å². The molecular formula is C12H22N4O2. The van der Waals surface area contributed by atoms with Crippen LogP contribution in [-0.4, -0.2) is 36.4 Å². The standard InChI is InChI=1S/C12H22N4O2/c1-3-9-10(13)11(16-15-9)12(17)14-7-5-4-6-8-18-2/h3-8,13H2,1-2H3,(H,14,17)(H,15,16). The third-order valence-corrected chi connectivity index (χ3v) is 2.76. The van der Waals surface area contributed by atoms with Gasteiger partial charge < -0.3 is 15.8 Å². The minimum Gasteiger partial charge on any atom is -0.395 e. The number of anilines is 1. The summed E-state index contributed by atoms with van der Waals surface area (Å²) < 4.78 is 4.95. The highest BCUT2D eigenvalue weighted by Crippen LogP contribution is 2.13. The summed E-state index contributed by atoms with van der Waals surface area (Å²) in [6.07, 6.45) is 3.71. The Hall–Kier alpha value is -1.56. The number of nitrogens with two attached hydrogens (primary N) is 1. The van der Waals surface area contributed by atoms with Crippen molar-refractivity contribution in [1.29, 1.82) is 0 Å². The third kappa shape index (κ3) is 4.03. The van der Waals surface area contributed by atoms with Gasteiger partial charge in [0.15, 0.2) is 5.69 Å². The number of carbonyl (C=O) groups is 1. The van der Waals surface area contributed by atoms with Crippen LogP contribution in [0.15, 0.2) is 0 Å². The SMILES string of the molecule is CCc1[nH]nc(C(=O)NCCCCCOC)c1N. The van der Waals surface area contributed by atoms with Crippen LogP contribution in [0.4, 0.5) is 5.69 Å². The molecule has 0 saturated carbocycles. The van der Waals surface area contributed by atoms with E-state index >= 15 is 0 Å². The first kappa shape index (κ1) is 14.5. The fraction of sp³-hybridized carbons (Fsp3) is 0.667. The zero-order valence-electron chi connectivity index (χ0n) is 11.1. The molecule has 1 rings (SSSR count). The van der Waals surface area contributed by atoms with Crippen molar-refractivity contribution < 1.29 is 9.53 Å². The smallest absolute Gasteiger partial charge is 0.273 e. The quantitative estimate of drug-likeness (QED) is 0.606. The van der Waals surface area contributed by atoms with Gasteiger partial charge in [-0.05, 0) is 25.7 Å². The number of nitrogen functional groups attached to an aromatic ring is 1. The van der Waals surface area contributed by atoms with Gasteiger partial charge in [-0.2, -0.15) is 5.10 Å². The molecule has 0 atom stereocenters. The van der Waals surface area contributed by atoms with Gasteiger partial charge in [0.05, 0.1) is 11.4 Å². The van der Waals surface area contributed by atoms with Gasteiger partial charge in [-0.25, -0.2) is 0 Å². The van der Waals surface area contributed by atoms with Gasteiger partial charge in [0.1, 0.15) is 0 Å². The highest BCUT2D eigenvalue weighted by molar-refractivity contribution is 5.97.